The van der Waals surface area contributed by atoms with Crippen LogP contribution < -0.4 is 11.1 Å². The highest BCUT2D eigenvalue weighted by atomic mass is 35.5. The van der Waals surface area contributed by atoms with Crippen LogP contribution in [-0.4, -0.2) is 12.5 Å². The maximum Gasteiger partial charge on any atom is 0.227 e. The number of hydrogen-bond donors (Lipinski definition) is 2. The number of amides is 1. The van der Waals surface area contributed by atoms with E-state index in [4.69, 9.17) is 17.3 Å². The standard InChI is InChI=1S/C13H17ClN2O/c14-11-4-1-3-10(7-11)8-16-12(17)13(9-15)5-2-6-13/h1,3-4,7H,2,5-6,8-9,15H2,(H,16,17). The number of nitrogens with two attached hydrogens (primary N) is 1. The van der Waals surface area contributed by atoms with Gasteiger partial charge in [-0.2, -0.15) is 0 Å². The summed E-state index contributed by atoms with van der Waals surface area (Å²) < 4.78 is 0. The second-order valence-electron chi connectivity index (χ2n) is 4.65. The third-order valence-electron chi connectivity index (χ3n) is 3.53. The molecule has 0 radical (unpaired) electrons. The molecule has 0 atom stereocenters. The fourth-order valence-electron chi connectivity index (χ4n) is 2.14. The van der Waals surface area contributed by atoms with E-state index in [-0.39, 0.29) is 11.3 Å². The van der Waals surface area contributed by atoms with Crippen LogP contribution in [0.5, 0.6) is 0 Å². The van der Waals surface area contributed by atoms with Gasteiger partial charge in [-0.3, -0.25) is 4.79 Å². The van der Waals surface area contributed by atoms with E-state index in [0.717, 1.165) is 24.8 Å². The summed E-state index contributed by atoms with van der Waals surface area (Å²) in [5.74, 6) is 0.0752. The smallest absolute Gasteiger partial charge is 0.227 e. The molecule has 1 aromatic carbocycles. The molecule has 4 heteroatoms. The first kappa shape index (κ1) is 12.4. The van der Waals surface area contributed by atoms with E-state index >= 15 is 0 Å². The Labute approximate surface area is 106 Å². The molecule has 1 saturated carbocycles. The van der Waals surface area contributed by atoms with E-state index in [1.807, 2.05) is 24.3 Å². The van der Waals surface area contributed by atoms with Crippen LogP contribution >= 0.6 is 11.6 Å². The van der Waals surface area contributed by atoms with Gasteiger partial charge in [-0.25, -0.2) is 0 Å². The molecule has 1 fully saturated rings. The zero-order chi connectivity index (χ0) is 12.3. The van der Waals surface area contributed by atoms with Crippen molar-refractivity contribution in [1.29, 1.82) is 0 Å². The monoisotopic (exact) mass is 252 g/mol. The van der Waals surface area contributed by atoms with Gasteiger partial charge in [0, 0.05) is 18.1 Å². The van der Waals surface area contributed by atoms with Crippen molar-refractivity contribution in [2.75, 3.05) is 6.54 Å². The molecule has 2 rings (SSSR count). The van der Waals surface area contributed by atoms with Crippen molar-refractivity contribution in [3.05, 3.63) is 34.9 Å². The minimum absolute atomic E-state index is 0.0752. The number of carbonyl (C=O) groups is 1. The Morgan fingerprint density at radius 2 is 2.24 bits per heavy atom. The minimum Gasteiger partial charge on any atom is -0.352 e. The van der Waals surface area contributed by atoms with Crippen LogP contribution in [0.25, 0.3) is 0 Å². The summed E-state index contributed by atoms with van der Waals surface area (Å²) >= 11 is 5.88. The molecule has 0 spiro atoms. The largest absolute Gasteiger partial charge is 0.352 e. The lowest BCUT2D eigenvalue weighted by Crippen LogP contribution is -2.50. The average Bonchev–Trinajstić information content (AvgIpc) is 2.26. The minimum atomic E-state index is -0.307. The number of nitrogens with one attached hydrogen (secondary N) is 1. The highest BCUT2D eigenvalue weighted by molar-refractivity contribution is 6.30. The fourth-order valence-corrected chi connectivity index (χ4v) is 2.36. The fraction of sp³-hybridized carbons (Fsp3) is 0.462. The molecule has 0 aliphatic heterocycles. The van der Waals surface area contributed by atoms with Crippen molar-refractivity contribution in [2.24, 2.45) is 11.1 Å². The van der Waals surface area contributed by atoms with Gasteiger partial charge in [0.1, 0.15) is 0 Å². The molecule has 1 amide bonds. The summed E-state index contributed by atoms with van der Waals surface area (Å²) in [6.45, 7) is 0.954. The van der Waals surface area contributed by atoms with Crippen LogP contribution in [0.2, 0.25) is 5.02 Å². The van der Waals surface area contributed by atoms with Gasteiger partial charge in [-0.15, -0.1) is 0 Å². The lowest BCUT2D eigenvalue weighted by molar-refractivity contribution is -0.135. The first-order valence-electron chi connectivity index (χ1n) is 5.89. The van der Waals surface area contributed by atoms with Crippen molar-refractivity contribution < 1.29 is 4.79 Å². The summed E-state index contributed by atoms with van der Waals surface area (Å²) in [6, 6.07) is 7.51. The summed E-state index contributed by atoms with van der Waals surface area (Å²) in [5.41, 5.74) is 6.39. The molecular weight excluding hydrogens is 236 g/mol. The van der Waals surface area contributed by atoms with Gasteiger partial charge in [-0.1, -0.05) is 30.2 Å². The SMILES string of the molecule is NCC1(C(=O)NCc2cccc(Cl)c2)CCC1. The molecule has 17 heavy (non-hydrogen) atoms. The molecule has 0 aromatic heterocycles. The Morgan fingerprint density at radius 3 is 2.76 bits per heavy atom. The molecule has 0 unspecified atom stereocenters. The maximum atomic E-state index is 12.0. The van der Waals surface area contributed by atoms with Gasteiger partial charge in [0.2, 0.25) is 5.91 Å². The molecule has 0 saturated heterocycles. The van der Waals surface area contributed by atoms with Gasteiger partial charge >= 0.3 is 0 Å². The first-order chi connectivity index (χ1) is 8.16. The highest BCUT2D eigenvalue weighted by Crippen LogP contribution is 2.40. The summed E-state index contributed by atoms with van der Waals surface area (Å²) in [6.07, 6.45) is 2.91. The van der Waals surface area contributed by atoms with Crippen LogP contribution in [0.4, 0.5) is 0 Å². The molecule has 1 aromatic rings. The molecule has 3 N–H and O–H groups in total. The van der Waals surface area contributed by atoms with Crippen molar-refractivity contribution in [2.45, 2.75) is 25.8 Å². The second kappa shape index (κ2) is 5.07. The van der Waals surface area contributed by atoms with E-state index in [2.05, 4.69) is 5.32 Å². The zero-order valence-electron chi connectivity index (χ0n) is 9.71. The summed E-state index contributed by atoms with van der Waals surface area (Å²) in [4.78, 5) is 12.0. The molecule has 0 bridgehead atoms. The van der Waals surface area contributed by atoms with E-state index in [1.54, 1.807) is 0 Å². The summed E-state index contributed by atoms with van der Waals surface area (Å²) in [5, 5.41) is 3.63. The lowest BCUT2D eigenvalue weighted by Gasteiger charge is -2.39. The molecule has 3 nitrogen and oxygen atoms in total. The van der Waals surface area contributed by atoms with Crippen LogP contribution in [0.1, 0.15) is 24.8 Å². The Balaban J connectivity index is 1.92. The van der Waals surface area contributed by atoms with E-state index in [1.165, 1.54) is 0 Å². The predicted octanol–water partition coefficient (Wildman–Crippen LogP) is 2.09. The molecular formula is C13H17ClN2O. The van der Waals surface area contributed by atoms with Gasteiger partial charge in [0.25, 0.3) is 0 Å². The number of halogens is 1. The molecule has 92 valence electrons. The van der Waals surface area contributed by atoms with Crippen LogP contribution in [0.15, 0.2) is 24.3 Å². The topological polar surface area (TPSA) is 55.1 Å². The first-order valence-corrected chi connectivity index (χ1v) is 6.27. The average molecular weight is 253 g/mol. The lowest BCUT2D eigenvalue weighted by atomic mass is 9.68. The zero-order valence-corrected chi connectivity index (χ0v) is 10.5. The third-order valence-corrected chi connectivity index (χ3v) is 3.76. The molecule has 0 heterocycles. The number of rotatable bonds is 4. The second-order valence-corrected chi connectivity index (χ2v) is 5.09. The predicted molar refractivity (Wildman–Crippen MR) is 68.6 cm³/mol. The Kier molecular flexibility index (Phi) is 3.69. The van der Waals surface area contributed by atoms with Gasteiger partial charge in [0.05, 0.1) is 5.41 Å². The van der Waals surface area contributed by atoms with Gasteiger partial charge in [0.15, 0.2) is 0 Å². The van der Waals surface area contributed by atoms with Crippen molar-refractivity contribution in [1.82, 2.24) is 5.32 Å². The Bertz CT molecular complexity index is 410. The Hall–Kier alpha value is -1.06. The molecule has 1 aliphatic rings. The van der Waals surface area contributed by atoms with Crippen molar-refractivity contribution in [3.63, 3.8) is 0 Å². The van der Waals surface area contributed by atoms with Gasteiger partial charge in [-0.05, 0) is 30.5 Å². The van der Waals surface area contributed by atoms with E-state index in [9.17, 15) is 4.79 Å². The van der Waals surface area contributed by atoms with E-state index < -0.39 is 0 Å². The van der Waals surface area contributed by atoms with Crippen molar-refractivity contribution in [3.8, 4) is 0 Å². The van der Waals surface area contributed by atoms with Gasteiger partial charge < -0.3 is 11.1 Å². The third kappa shape index (κ3) is 2.61. The molecule has 1 aliphatic carbocycles. The van der Waals surface area contributed by atoms with Crippen molar-refractivity contribution >= 4 is 17.5 Å². The number of benzene rings is 1. The highest BCUT2D eigenvalue weighted by Gasteiger charge is 2.42. The Morgan fingerprint density at radius 1 is 1.47 bits per heavy atom. The van der Waals surface area contributed by atoms with Crippen LogP contribution in [-0.2, 0) is 11.3 Å². The normalized spacial score (nSPS) is 17.3. The maximum absolute atomic E-state index is 12.0. The van der Waals surface area contributed by atoms with Crippen LogP contribution in [0, 0.1) is 5.41 Å². The number of hydrogen-bond acceptors (Lipinski definition) is 2. The summed E-state index contributed by atoms with van der Waals surface area (Å²) in [7, 11) is 0. The van der Waals surface area contributed by atoms with Crippen LogP contribution in [0.3, 0.4) is 0 Å². The quantitative estimate of drug-likeness (QED) is 0.862. The number of carbonyl (C=O) groups excluding carboxylic acids is 1. The van der Waals surface area contributed by atoms with E-state index in [0.29, 0.717) is 18.1 Å².